The molecule has 1 saturated heterocycles. The van der Waals surface area contributed by atoms with Gasteiger partial charge in [0.25, 0.3) is 10.0 Å². The number of piperidine rings is 1. The molecule has 8 heteroatoms. The Bertz CT molecular complexity index is 550. The second kappa shape index (κ2) is 6.43. The lowest BCUT2D eigenvalue weighted by molar-refractivity contribution is 0.213. The zero-order valence-corrected chi connectivity index (χ0v) is 13.4. The molecule has 1 aliphatic rings. The van der Waals surface area contributed by atoms with Crippen LogP contribution in [0.15, 0.2) is 11.4 Å². The van der Waals surface area contributed by atoms with E-state index < -0.39 is 10.0 Å². The van der Waals surface area contributed by atoms with Crippen molar-refractivity contribution in [1.82, 2.24) is 19.2 Å². The largest absolute Gasteiger partial charge is 0.324 e. The molecular weight excluding hydrogens is 300 g/mol. The molecule has 0 bridgehead atoms. The Morgan fingerprint density at radius 2 is 2.05 bits per heavy atom. The molecule has 1 aromatic heterocycles. The van der Waals surface area contributed by atoms with Gasteiger partial charge in [0.1, 0.15) is 5.15 Å². The molecule has 0 atom stereocenters. The molecule has 0 spiro atoms. The maximum absolute atomic E-state index is 12.1. The fourth-order valence-electron chi connectivity index (χ4n) is 2.39. The molecule has 2 heterocycles. The van der Waals surface area contributed by atoms with Gasteiger partial charge in [-0.15, -0.1) is 0 Å². The zero-order valence-electron chi connectivity index (χ0n) is 11.8. The van der Waals surface area contributed by atoms with Crippen molar-refractivity contribution in [3.05, 3.63) is 11.5 Å². The molecule has 0 radical (unpaired) electrons. The predicted molar refractivity (Wildman–Crippen MR) is 78.2 cm³/mol. The van der Waals surface area contributed by atoms with Gasteiger partial charge in [-0.05, 0) is 45.3 Å². The Balaban J connectivity index is 1.86. The molecule has 1 fully saturated rings. The van der Waals surface area contributed by atoms with E-state index in [4.69, 9.17) is 11.6 Å². The minimum Gasteiger partial charge on any atom is -0.324 e. The van der Waals surface area contributed by atoms with Crippen LogP contribution in [-0.4, -0.2) is 49.6 Å². The van der Waals surface area contributed by atoms with Crippen molar-refractivity contribution < 1.29 is 8.42 Å². The van der Waals surface area contributed by atoms with Gasteiger partial charge in [0, 0.05) is 13.6 Å². The Kier molecular flexibility index (Phi) is 5.06. The third kappa shape index (κ3) is 3.72. The lowest BCUT2D eigenvalue weighted by Gasteiger charge is -2.28. The van der Waals surface area contributed by atoms with E-state index in [1.165, 1.54) is 10.9 Å². The summed E-state index contributed by atoms with van der Waals surface area (Å²) in [6, 6.07) is 0. The van der Waals surface area contributed by atoms with E-state index in [1.807, 2.05) is 0 Å². The molecule has 20 heavy (non-hydrogen) atoms. The summed E-state index contributed by atoms with van der Waals surface area (Å²) < 4.78 is 28.2. The first kappa shape index (κ1) is 15.8. The van der Waals surface area contributed by atoms with Crippen molar-refractivity contribution in [2.24, 2.45) is 13.0 Å². The lowest BCUT2D eigenvalue weighted by Crippen LogP contribution is -2.32. The minimum absolute atomic E-state index is 0.0926. The third-order valence-corrected chi connectivity index (χ3v) is 5.72. The second-order valence-electron chi connectivity index (χ2n) is 5.38. The van der Waals surface area contributed by atoms with E-state index in [9.17, 15) is 8.42 Å². The summed E-state index contributed by atoms with van der Waals surface area (Å²) in [6.45, 7) is 2.61. The summed E-state index contributed by atoms with van der Waals surface area (Å²) in [4.78, 5) is 6.14. The van der Waals surface area contributed by atoms with Crippen molar-refractivity contribution in [2.75, 3.05) is 26.7 Å². The number of halogens is 1. The first-order valence-electron chi connectivity index (χ1n) is 6.75. The molecular formula is C12H21ClN4O2S. The highest BCUT2D eigenvalue weighted by molar-refractivity contribution is 7.89. The summed E-state index contributed by atoms with van der Waals surface area (Å²) >= 11 is 5.91. The number of rotatable bonds is 5. The maximum Gasteiger partial charge on any atom is 0.261 e. The van der Waals surface area contributed by atoms with Crippen LogP contribution in [0.3, 0.4) is 0 Å². The Morgan fingerprint density at radius 3 is 2.60 bits per heavy atom. The van der Waals surface area contributed by atoms with Crippen LogP contribution < -0.4 is 4.72 Å². The molecule has 0 amide bonds. The number of sulfonamides is 1. The molecule has 114 valence electrons. The second-order valence-corrected chi connectivity index (χ2v) is 7.42. The van der Waals surface area contributed by atoms with Crippen LogP contribution >= 0.6 is 11.6 Å². The van der Waals surface area contributed by atoms with Gasteiger partial charge in [-0.3, -0.25) is 0 Å². The fourth-order valence-corrected chi connectivity index (χ4v) is 3.86. The highest BCUT2D eigenvalue weighted by Crippen LogP contribution is 2.20. The third-order valence-electron chi connectivity index (χ3n) is 3.77. The number of nitrogens with zero attached hydrogens (tertiary/aromatic N) is 3. The van der Waals surface area contributed by atoms with Crippen molar-refractivity contribution >= 4 is 21.6 Å². The normalized spacial score (nSPS) is 18.6. The van der Waals surface area contributed by atoms with Gasteiger partial charge < -0.3 is 9.47 Å². The minimum atomic E-state index is -3.61. The van der Waals surface area contributed by atoms with Gasteiger partial charge in [0.15, 0.2) is 0 Å². The van der Waals surface area contributed by atoms with E-state index in [0.717, 1.165) is 32.4 Å². The number of nitrogens with one attached hydrogen (secondary N) is 1. The number of hydrogen-bond acceptors (Lipinski definition) is 4. The van der Waals surface area contributed by atoms with Gasteiger partial charge in [0.2, 0.25) is 5.03 Å². The van der Waals surface area contributed by atoms with Gasteiger partial charge in [0.05, 0.1) is 6.33 Å². The topological polar surface area (TPSA) is 67.2 Å². The summed E-state index contributed by atoms with van der Waals surface area (Å²) in [5.41, 5.74) is 0. The average molecular weight is 321 g/mol. The highest BCUT2D eigenvalue weighted by atomic mass is 35.5. The quantitative estimate of drug-likeness (QED) is 0.881. The van der Waals surface area contributed by atoms with Crippen LogP contribution in [0.4, 0.5) is 0 Å². The van der Waals surface area contributed by atoms with Crippen LogP contribution in [-0.2, 0) is 17.1 Å². The Hall–Kier alpha value is -0.630. The van der Waals surface area contributed by atoms with Crippen molar-refractivity contribution in [3.8, 4) is 0 Å². The number of aryl methyl sites for hydroxylation is 1. The van der Waals surface area contributed by atoms with Gasteiger partial charge in [-0.1, -0.05) is 11.6 Å². The number of aromatic nitrogens is 2. The molecule has 1 N–H and O–H groups in total. The molecule has 0 unspecified atom stereocenters. The standard InChI is InChI=1S/C12H21ClN4O2S/c1-16-7-4-10(5-8-16)3-6-15-20(18,19)12-11(13)17(2)9-14-12/h9-10,15H,3-8H2,1-2H3. The van der Waals surface area contributed by atoms with E-state index in [-0.39, 0.29) is 10.2 Å². The van der Waals surface area contributed by atoms with E-state index >= 15 is 0 Å². The average Bonchev–Trinajstić information content (AvgIpc) is 2.73. The highest BCUT2D eigenvalue weighted by Gasteiger charge is 2.23. The molecule has 0 aliphatic carbocycles. The van der Waals surface area contributed by atoms with Gasteiger partial charge >= 0.3 is 0 Å². The smallest absolute Gasteiger partial charge is 0.261 e. The number of imidazole rings is 1. The number of likely N-dealkylation sites (tertiary alicyclic amines) is 1. The SMILES string of the molecule is CN1CCC(CCNS(=O)(=O)c2ncn(C)c2Cl)CC1. The van der Waals surface area contributed by atoms with Crippen LogP contribution in [0.25, 0.3) is 0 Å². The summed E-state index contributed by atoms with van der Waals surface area (Å²) in [5.74, 6) is 0.591. The van der Waals surface area contributed by atoms with Crippen molar-refractivity contribution in [1.29, 1.82) is 0 Å². The summed E-state index contributed by atoms with van der Waals surface area (Å²) in [6.07, 6.45) is 4.51. The molecule has 6 nitrogen and oxygen atoms in total. The van der Waals surface area contributed by atoms with E-state index in [1.54, 1.807) is 7.05 Å². The van der Waals surface area contributed by atoms with E-state index in [0.29, 0.717) is 12.5 Å². The zero-order chi connectivity index (χ0) is 14.8. The molecule has 1 aromatic rings. The first-order chi connectivity index (χ1) is 9.40. The molecule has 0 aromatic carbocycles. The number of hydrogen-bond donors (Lipinski definition) is 1. The van der Waals surface area contributed by atoms with Crippen LogP contribution in [0, 0.1) is 5.92 Å². The Morgan fingerprint density at radius 1 is 1.40 bits per heavy atom. The summed E-state index contributed by atoms with van der Waals surface area (Å²) in [5, 5.41) is 0.0434. The maximum atomic E-state index is 12.1. The van der Waals surface area contributed by atoms with Gasteiger partial charge in [-0.25, -0.2) is 18.1 Å². The monoisotopic (exact) mass is 320 g/mol. The Labute approximate surface area is 125 Å². The lowest BCUT2D eigenvalue weighted by atomic mass is 9.94. The molecule has 0 saturated carbocycles. The fraction of sp³-hybridized carbons (Fsp3) is 0.750. The molecule has 1 aliphatic heterocycles. The van der Waals surface area contributed by atoms with Crippen LogP contribution in [0.2, 0.25) is 5.15 Å². The van der Waals surface area contributed by atoms with Crippen molar-refractivity contribution in [2.45, 2.75) is 24.3 Å². The van der Waals surface area contributed by atoms with Gasteiger partial charge in [-0.2, -0.15) is 0 Å². The van der Waals surface area contributed by atoms with Crippen molar-refractivity contribution in [3.63, 3.8) is 0 Å². The van der Waals surface area contributed by atoms with E-state index in [2.05, 4.69) is 21.7 Å². The predicted octanol–water partition coefficient (Wildman–Crippen LogP) is 1.08. The van der Waals surface area contributed by atoms with Crippen LogP contribution in [0.5, 0.6) is 0 Å². The summed E-state index contributed by atoms with van der Waals surface area (Å²) in [7, 11) is 0.167. The first-order valence-corrected chi connectivity index (χ1v) is 8.61. The molecule has 2 rings (SSSR count). The van der Waals surface area contributed by atoms with Crippen LogP contribution in [0.1, 0.15) is 19.3 Å².